The van der Waals surface area contributed by atoms with Crippen LogP contribution in [-0.2, 0) is 9.84 Å². The van der Waals surface area contributed by atoms with Crippen molar-refractivity contribution in [2.24, 2.45) is 0 Å². The third-order valence-electron chi connectivity index (χ3n) is 4.77. The summed E-state index contributed by atoms with van der Waals surface area (Å²) in [6.07, 6.45) is 0. The second kappa shape index (κ2) is 5.85. The maximum Gasteiger partial charge on any atom is 0.329 e. The van der Waals surface area contributed by atoms with Crippen LogP contribution in [0.1, 0.15) is 5.56 Å². The molecule has 2 heterocycles. The van der Waals surface area contributed by atoms with Crippen molar-refractivity contribution in [1.29, 1.82) is 0 Å². The topological polar surface area (TPSA) is 57.7 Å². The predicted octanol–water partition coefficient (Wildman–Crippen LogP) is 3.37. The van der Waals surface area contributed by atoms with Crippen molar-refractivity contribution < 1.29 is 13.2 Å². The van der Waals surface area contributed by atoms with Crippen molar-refractivity contribution in [2.45, 2.75) is 19.0 Å². The number of urea groups is 1. The Balaban J connectivity index is 1.81. The Morgan fingerprint density at radius 3 is 2.16 bits per heavy atom. The van der Waals surface area contributed by atoms with E-state index in [4.69, 9.17) is 0 Å². The van der Waals surface area contributed by atoms with Crippen molar-refractivity contribution in [3.63, 3.8) is 0 Å². The number of carbonyl (C=O) groups is 1. The fraction of sp³-hybridized carbons (Fsp3) is 0.278. The van der Waals surface area contributed by atoms with Gasteiger partial charge in [-0.25, -0.2) is 13.2 Å². The monoisotopic (exact) mass is 420 g/mol. The van der Waals surface area contributed by atoms with E-state index >= 15 is 0 Å². The number of hydrogen-bond acceptors (Lipinski definition) is 3. The number of hydrogen-bond donors (Lipinski definition) is 0. The number of amides is 2. The molecule has 5 nitrogen and oxygen atoms in total. The predicted molar refractivity (Wildman–Crippen MR) is 102 cm³/mol. The summed E-state index contributed by atoms with van der Waals surface area (Å²) in [6, 6.07) is 14.1. The van der Waals surface area contributed by atoms with E-state index in [1.807, 2.05) is 55.5 Å². The molecule has 0 bridgehead atoms. The van der Waals surface area contributed by atoms with E-state index in [0.29, 0.717) is 5.69 Å². The lowest BCUT2D eigenvalue weighted by Crippen LogP contribution is -2.37. The number of benzene rings is 2. The molecule has 4 rings (SSSR count). The zero-order valence-corrected chi connectivity index (χ0v) is 16.0. The molecule has 0 spiro atoms. The maximum absolute atomic E-state index is 13.2. The number of rotatable bonds is 2. The molecule has 2 aliphatic rings. The standard InChI is InChI=1S/C18H17BrN2O3S/c1-12-5-7-14(8-6-12)20-16-10-25(23,24)11-17(16)21(18(20)22)15-4-2-3-13(19)9-15/h2-9,16-17H,10-11H2,1H3/t16-,17+/m0/s1. The molecule has 2 saturated heterocycles. The van der Waals surface area contributed by atoms with Crippen LogP contribution in [0.15, 0.2) is 53.0 Å². The summed E-state index contributed by atoms with van der Waals surface area (Å²) in [7, 11) is -3.18. The fourth-order valence-corrected chi connectivity index (χ4v) is 5.95. The van der Waals surface area contributed by atoms with Gasteiger partial charge in [0.1, 0.15) is 0 Å². The highest BCUT2D eigenvalue weighted by atomic mass is 79.9. The normalized spacial score (nSPS) is 24.6. The third-order valence-corrected chi connectivity index (χ3v) is 6.96. The van der Waals surface area contributed by atoms with E-state index in [9.17, 15) is 13.2 Å². The molecule has 2 amide bonds. The van der Waals surface area contributed by atoms with Gasteiger partial charge in [-0.1, -0.05) is 39.7 Å². The first-order valence-electron chi connectivity index (χ1n) is 8.01. The van der Waals surface area contributed by atoms with Gasteiger partial charge in [0.2, 0.25) is 0 Å². The Kier molecular flexibility index (Phi) is 3.88. The number of halogens is 1. The number of fused-ring (bicyclic) bond motifs is 1. The third kappa shape index (κ3) is 2.85. The molecule has 0 radical (unpaired) electrons. The smallest absolute Gasteiger partial charge is 0.288 e. The van der Waals surface area contributed by atoms with Gasteiger partial charge in [-0.05, 0) is 37.3 Å². The lowest BCUT2D eigenvalue weighted by molar-refractivity contribution is 0.255. The van der Waals surface area contributed by atoms with Gasteiger partial charge in [-0.2, -0.15) is 0 Å². The number of carbonyl (C=O) groups excluding carboxylic acids is 1. The molecule has 2 aromatic carbocycles. The number of aryl methyl sites for hydroxylation is 1. The average Bonchev–Trinajstić information content (AvgIpc) is 2.97. The molecular weight excluding hydrogens is 404 g/mol. The summed E-state index contributed by atoms with van der Waals surface area (Å²) in [4.78, 5) is 16.4. The summed E-state index contributed by atoms with van der Waals surface area (Å²) in [5.41, 5.74) is 2.54. The summed E-state index contributed by atoms with van der Waals surface area (Å²) in [6.45, 7) is 1.98. The molecule has 0 aliphatic carbocycles. The van der Waals surface area contributed by atoms with Gasteiger partial charge in [0.05, 0.1) is 23.6 Å². The van der Waals surface area contributed by atoms with Crippen molar-refractivity contribution in [2.75, 3.05) is 21.3 Å². The number of nitrogens with zero attached hydrogens (tertiary/aromatic N) is 2. The van der Waals surface area contributed by atoms with Crippen LogP contribution < -0.4 is 9.80 Å². The molecule has 0 aromatic heterocycles. The number of anilines is 2. The van der Waals surface area contributed by atoms with E-state index in [1.165, 1.54) is 0 Å². The van der Waals surface area contributed by atoms with Crippen molar-refractivity contribution in [3.05, 3.63) is 58.6 Å². The Morgan fingerprint density at radius 2 is 1.56 bits per heavy atom. The summed E-state index contributed by atoms with van der Waals surface area (Å²) >= 11 is 3.42. The van der Waals surface area contributed by atoms with E-state index < -0.39 is 9.84 Å². The van der Waals surface area contributed by atoms with Crippen molar-refractivity contribution in [1.82, 2.24) is 0 Å². The summed E-state index contributed by atoms with van der Waals surface area (Å²) < 4.78 is 25.4. The largest absolute Gasteiger partial charge is 0.329 e. The van der Waals surface area contributed by atoms with E-state index in [2.05, 4.69) is 15.9 Å². The van der Waals surface area contributed by atoms with Crippen LogP contribution >= 0.6 is 15.9 Å². The molecule has 130 valence electrons. The van der Waals surface area contributed by atoms with Gasteiger partial charge >= 0.3 is 6.03 Å². The molecule has 0 saturated carbocycles. The summed E-state index contributed by atoms with van der Waals surface area (Å²) in [5, 5.41) is 0. The number of sulfone groups is 1. The van der Waals surface area contributed by atoms with Crippen LogP contribution in [-0.4, -0.2) is 38.0 Å². The molecule has 0 unspecified atom stereocenters. The van der Waals surface area contributed by atoms with E-state index in [-0.39, 0.29) is 29.6 Å². The Morgan fingerprint density at radius 1 is 0.960 bits per heavy atom. The molecule has 7 heteroatoms. The zero-order chi connectivity index (χ0) is 17.8. The van der Waals surface area contributed by atoms with Crippen molar-refractivity contribution in [3.8, 4) is 0 Å². The first kappa shape index (κ1) is 16.6. The van der Waals surface area contributed by atoms with Gasteiger partial charge in [0.25, 0.3) is 0 Å². The summed E-state index contributed by atoms with van der Waals surface area (Å²) in [5.74, 6) is 0.0000671. The molecular formula is C18H17BrN2O3S. The molecule has 2 aromatic rings. The SMILES string of the molecule is Cc1ccc(N2C(=O)N(c3cccc(Br)c3)[C@@H]3CS(=O)(=O)C[C@@H]32)cc1. The van der Waals surface area contributed by atoms with Gasteiger partial charge < -0.3 is 0 Å². The Labute approximate surface area is 155 Å². The second-order valence-corrected chi connectivity index (χ2v) is 9.62. The molecule has 2 atom stereocenters. The van der Waals surface area contributed by atoms with Gasteiger partial charge in [0, 0.05) is 15.8 Å². The molecule has 2 fully saturated rings. The Hall–Kier alpha value is -1.86. The highest BCUT2D eigenvalue weighted by molar-refractivity contribution is 9.10. The molecule has 2 aliphatic heterocycles. The lowest BCUT2D eigenvalue weighted by atomic mass is 10.1. The zero-order valence-electron chi connectivity index (χ0n) is 13.6. The first-order chi connectivity index (χ1) is 11.9. The van der Waals surface area contributed by atoms with Gasteiger partial charge in [-0.3, -0.25) is 9.80 Å². The van der Waals surface area contributed by atoms with Gasteiger partial charge in [-0.15, -0.1) is 0 Å². The van der Waals surface area contributed by atoms with Crippen LogP contribution in [0.2, 0.25) is 0 Å². The van der Waals surface area contributed by atoms with Gasteiger partial charge in [0.15, 0.2) is 9.84 Å². The molecule has 0 N–H and O–H groups in total. The lowest BCUT2D eigenvalue weighted by Gasteiger charge is -2.23. The average molecular weight is 421 g/mol. The van der Waals surface area contributed by atoms with E-state index in [1.54, 1.807) is 9.80 Å². The highest BCUT2D eigenvalue weighted by Crippen LogP contribution is 2.38. The minimum Gasteiger partial charge on any atom is -0.288 e. The fourth-order valence-electron chi connectivity index (χ4n) is 3.64. The minimum absolute atomic E-state index is 0.00171. The first-order valence-corrected chi connectivity index (χ1v) is 10.6. The van der Waals surface area contributed by atoms with Crippen LogP contribution in [0.3, 0.4) is 0 Å². The highest BCUT2D eigenvalue weighted by Gasteiger charge is 2.54. The van der Waals surface area contributed by atoms with Crippen LogP contribution in [0.5, 0.6) is 0 Å². The van der Waals surface area contributed by atoms with Crippen LogP contribution in [0, 0.1) is 6.92 Å². The molecule has 25 heavy (non-hydrogen) atoms. The quantitative estimate of drug-likeness (QED) is 0.699. The maximum atomic E-state index is 13.2. The second-order valence-electron chi connectivity index (χ2n) is 6.55. The van der Waals surface area contributed by atoms with Crippen LogP contribution in [0.4, 0.5) is 16.2 Å². The minimum atomic E-state index is -3.18. The van der Waals surface area contributed by atoms with Crippen molar-refractivity contribution >= 4 is 43.2 Å². The Bertz CT molecular complexity index is 943. The van der Waals surface area contributed by atoms with Crippen LogP contribution in [0.25, 0.3) is 0 Å². The van der Waals surface area contributed by atoms with E-state index in [0.717, 1.165) is 15.7 Å².